The van der Waals surface area contributed by atoms with Gasteiger partial charge in [0.2, 0.25) is 15.9 Å². The topological polar surface area (TPSA) is 66.9 Å². The Hall–Kier alpha value is -1.81. The van der Waals surface area contributed by atoms with Gasteiger partial charge in [-0.1, -0.05) is 13.3 Å². The lowest BCUT2D eigenvalue weighted by Crippen LogP contribution is -2.47. The van der Waals surface area contributed by atoms with Crippen molar-refractivity contribution in [3.63, 3.8) is 0 Å². The number of carbonyl (C=O) groups is 1. The summed E-state index contributed by atoms with van der Waals surface area (Å²) < 4.78 is 70.3. The van der Waals surface area contributed by atoms with Gasteiger partial charge >= 0.3 is 6.18 Å². The highest BCUT2D eigenvalue weighted by molar-refractivity contribution is 7.89. The number of nitrogens with zero attached hydrogens (tertiary/aromatic N) is 2. The van der Waals surface area contributed by atoms with Crippen LogP contribution in [0.1, 0.15) is 32.6 Å². The minimum Gasteiger partial charge on any atom is -0.497 e. The zero-order valence-corrected chi connectivity index (χ0v) is 17.4. The van der Waals surface area contributed by atoms with Gasteiger partial charge < -0.3 is 9.64 Å². The molecule has 1 fully saturated rings. The number of amides is 1. The number of alkyl halides is 3. The maximum absolute atomic E-state index is 12.8. The predicted molar refractivity (Wildman–Crippen MR) is 102 cm³/mol. The van der Waals surface area contributed by atoms with Gasteiger partial charge in [-0.05, 0) is 43.5 Å². The van der Waals surface area contributed by atoms with E-state index in [-0.39, 0.29) is 37.4 Å². The van der Waals surface area contributed by atoms with Crippen LogP contribution >= 0.6 is 0 Å². The van der Waals surface area contributed by atoms with Crippen LogP contribution in [0.2, 0.25) is 0 Å². The van der Waals surface area contributed by atoms with Crippen molar-refractivity contribution in [2.45, 2.75) is 43.7 Å². The highest BCUT2D eigenvalue weighted by Crippen LogP contribution is 2.27. The first-order valence-electron chi connectivity index (χ1n) is 9.58. The summed E-state index contributed by atoms with van der Waals surface area (Å²) in [7, 11) is -2.25. The molecule has 0 N–H and O–H groups in total. The third-order valence-corrected chi connectivity index (χ3v) is 6.88. The number of piperidine rings is 1. The maximum Gasteiger partial charge on any atom is 0.406 e. The van der Waals surface area contributed by atoms with Gasteiger partial charge in [0.15, 0.2) is 0 Å². The average Bonchev–Trinajstić information content (AvgIpc) is 2.70. The molecule has 0 aliphatic carbocycles. The number of halogens is 3. The van der Waals surface area contributed by atoms with E-state index in [1.807, 2.05) is 6.92 Å². The molecule has 1 aromatic carbocycles. The standard InChI is InChI=1S/C19H27F3N2O4S/c1-3-4-11-23(14-19(20,21)22)18(25)15-9-12-24(13-10-15)29(26,27)17-7-5-16(28-2)6-8-17/h5-8,15H,3-4,9-14H2,1-2H3. The van der Waals surface area contributed by atoms with E-state index in [4.69, 9.17) is 4.74 Å². The Bertz CT molecular complexity index is 774. The van der Waals surface area contributed by atoms with E-state index in [0.717, 1.165) is 4.90 Å². The summed E-state index contributed by atoms with van der Waals surface area (Å²) in [6.07, 6.45) is -2.88. The van der Waals surface area contributed by atoms with Gasteiger partial charge in [0.05, 0.1) is 12.0 Å². The molecule has 0 atom stereocenters. The van der Waals surface area contributed by atoms with E-state index in [2.05, 4.69) is 0 Å². The fourth-order valence-corrected chi connectivity index (χ4v) is 4.80. The van der Waals surface area contributed by atoms with Crippen LogP contribution in [0.25, 0.3) is 0 Å². The van der Waals surface area contributed by atoms with Crippen molar-refractivity contribution >= 4 is 15.9 Å². The molecule has 0 unspecified atom stereocenters. The lowest BCUT2D eigenvalue weighted by molar-refractivity contribution is -0.164. The van der Waals surface area contributed by atoms with Crippen molar-refractivity contribution in [3.8, 4) is 5.75 Å². The molecule has 2 rings (SSSR count). The van der Waals surface area contributed by atoms with Crippen LogP contribution in [0, 0.1) is 5.92 Å². The van der Waals surface area contributed by atoms with Gasteiger partial charge in [0, 0.05) is 25.6 Å². The van der Waals surface area contributed by atoms with Crippen LogP contribution in [0.4, 0.5) is 13.2 Å². The van der Waals surface area contributed by atoms with Crippen molar-refractivity contribution in [1.29, 1.82) is 0 Å². The number of methoxy groups -OCH3 is 1. The lowest BCUT2D eigenvalue weighted by atomic mass is 9.96. The van der Waals surface area contributed by atoms with Crippen molar-refractivity contribution < 1.29 is 31.1 Å². The Kier molecular flexibility index (Phi) is 7.93. The first-order valence-corrected chi connectivity index (χ1v) is 11.0. The molecule has 1 heterocycles. The summed E-state index contributed by atoms with van der Waals surface area (Å²) >= 11 is 0. The minimum absolute atomic E-state index is 0.0548. The van der Waals surface area contributed by atoms with E-state index in [1.165, 1.54) is 23.5 Å². The normalized spacial score (nSPS) is 16.6. The molecule has 1 saturated heterocycles. The number of benzene rings is 1. The first-order chi connectivity index (χ1) is 13.6. The Morgan fingerprint density at radius 1 is 1.21 bits per heavy atom. The van der Waals surface area contributed by atoms with Crippen molar-refractivity contribution in [2.75, 3.05) is 33.3 Å². The van der Waals surface area contributed by atoms with Crippen LogP contribution in [-0.4, -0.2) is 63.0 Å². The number of unbranched alkanes of at least 4 members (excludes halogenated alkanes) is 1. The Balaban J connectivity index is 2.02. The highest BCUT2D eigenvalue weighted by atomic mass is 32.2. The zero-order chi connectivity index (χ0) is 21.7. The molecule has 1 aliphatic heterocycles. The monoisotopic (exact) mass is 436 g/mol. The van der Waals surface area contributed by atoms with E-state index in [9.17, 15) is 26.4 Å². The van der Waals surface area contributed by atoms with E-state index in [0.29, 0.717) is 18.6 Å². The summed E-state index contributed by atoms with van der Waals surface area (Å²) in [4.78, 5) is 13.6. The van der Waals surface area contributed by atoms with Crippen molar-refractivity contribution in [1.82, 2.24) is 9.21 Å². The molecule has 164 valence electrons. The predicted octanol–water partition coefficient (Wildman–Crippen LogP) is 3.29. The molecule has 0 spiro atoms. The second-order valence-corrected chi connectivity index (χ2v) is 9.02. The van der Waals surface area contributed by atoms with Crippen LogP contribution in [0.3, 0.4) is 0 Å². The molecule has 1 aliphatic rings. The fraction of sp³-hybridized carbons (Fsp3) is 0.632. The van der Waals surface area contributed by atoms with Crippen LogP contribution in [0.5, 0.6) is 5.75 Å². The summed E-state index contributed by atoms with van der Waals surface area (Å²) in [6.45, 7) is 0.824. The van der Waals surface area contributed by atoms with Gasteiger partial charge in [-0.3, -0.25) is 4.79 Å². The Morgan fingerprint density at radius 2 is 1.79 bits per heavy atom. The molecule has 1 amide bonds. The lowest BCUT2D eigenvalue weighted by Gasteiger charge is -2.34. The molecule has 0 aromatic heterocycles. The fourth-order valence-electron chi connectivity index (χ4n) is 3.33. The maximum atomic E-state index is 12.8. The van der Waals surface area contributed by atoms with Gasteiger partial charge in [-0.2, -0.15) is 17.5 Å². The van der Waals surface area contributed by atoms with E-state index in [1.54, 1.807) is 12.1 Å². The minimum atomic E-state index is -4.46. The number of hydrogen-bond donors (Lipinski definition) is 0. The molecular formula is C19H27F3N2O4S. The summed E-state index contributed by atoms with van der Waals surface area (Å²) in [5, 5.41) is 0. The summed E-state index contributed by atoms with van der Waals surface area (Å²) in [5.74, 6) is -0.612. The summed E-state index contributed by atoms with van der Waals surface area (Å²) in [5.41, 5.74) is 0. The largest absolute Gasteiger partial charge is 0.497 e. The third kappa shape index (κ3) is 6.33. The Morgan fingerprint density at radius 3 is 2.28 bits per heavy atom. The van der Waals surface area contributed by atoms with Crippen molar-refractivity contribution in [3.05, 3.63) is 24.3 Å². The molecule has 10 heteroatoms. The Labute approximate surface area is 169 Å². The highest BCUT2D eigenvalue weighted by Gasteiger charge is 2.37. The SMILES string of the molecule is CCCCN(CC(F)(F)F)C(=O)C1CCN(S(=O)(=O)c2ccc(OC)cc2)CC1. The number of carbonyl (C=O) groups excluding carboxylic acids is 1. The molecule has 0 saturated carbocycles. The van der Waals surface area contributed by atoms with Crippen LogP contribution in [-0.2, 0) is 14.8 Å². The number of sulfonamides is 1. The average molecular weight is 436 g/mol. The molecular weight excluding hydrogens is 409 g/mol. The van der Waals surface area contributed by atoms with E-state index >= 15 is 0 Å². The van der Waals surface area contributed by atoms with Crippen molar-refractivity contribution in [2.24, 2.45) is 5.92 Å². The van der Waals surface area contributed by atoms with Crippen LogP contribution < -0.4 is 4.74 Å². The molecule has 29 heavy (non-hydrogen) atoms. The van der Waals surface area contributed by atoms with Gasteiger partial charge in [0.1, 0.15) is 12.3 Å². The number of ether oxygens (including phenoxy) is 1. The first kappa shape index (κ1) is 23.5. The smallest absolute Gasteiger partial charge is 0.406 e. The third-order valence-electron chi connectivity index (χ3n) is 4.96. The zero-order valence-electron chi connectivity index (χ0n) is 16.6. The molecule has 0 bridgehead atoms. The van der Waals surface area contributed by atoms with Crippen LogP contribution in [0.15, 0.2) is 29.2 Å². The molecule has 0 radical (unpaired) electrons. The van der Waals surface area contributed by atoms with Gasteiger partial charge in [-0.25, -0.2) is 8.42 Å². The quantitative estimate of drug-likeness (QED) is 0.627. The van der Waals surface area contributed by atoms with Gasteiger partial charge in [-0.15, -0.1) is 0 Å². The molecule has 6 nitrogen and oxygen atoms in total. The molecule has 1 aromatic rings. The number of rotatable bonds is 8. The van der Waals surface area contributed by atoms with Gasteiger partial charge in [0.25, 0.3) is 0 Å². The second-order valence-electron chi connectivity index (χ2n) is 7.08. The summed E-state index contributed by atoms with van der Waals surface area (Å²) in [6, 6.07) is 5.99. The van der Waals surface area contributed by atoms with E-state index < -0.39 is 34.6 Å². The second kappa shape index (κ2) is 9.80. The number of hydrogen-bond acceptors (Lipinski definition) is 4.